The van der Waals surface area contributed by atoms with Gasteiger partial charge >= 0.3 is 5.97 Å². The molecule has 3 aromatic rings. The summed E-state index contributed by atoms with van der Waals surface area (Å²) in [5.74, 6) is 6.38. The largest absolute Gasteiger partial charge is 0.497 e. The first-order valence-corrected chi connectivity index (χ1v) is 13.9. The van der Waals surface area contributed by atoms with Crippen molar-refractivity contribution in [3.8, 4) is 17.6 Å². The number of carboxylic acid groups (broad SMARTS) is 1. The van der Waals surface area contributed by atoms with Crippen molar-refractivity contribution in [1.82, 2.24) is 9.03 Å². The molecule has 0 radical (unpaired) electrons. The summed E-state index contributed by atoms with van der Waals surface area (Å²) in [4.78, 5) is 11.4. The zero-order valence-electron chi connectivity index (χ0n) is 21.1. The maximum Gasteiger partial charge on any atom is 0.321 e. The van der Waals surface area contributed by atoms with Crippen LogP contribution >= 0.6 is 0 Å². The summed E-state index contributed by atoms with van der Waals surface area (Å²) in [6, 6.07) is 19.1. The lowest BCUT2D eigenvalue weighted by molar-refractivity contribution is -0.139. The van der Waals surface area contributed by atoms with Crippen LogP contribution in [0, 0.1) is 11.8 Å². The van der Waals surface area contributed by atoms with E-state index in [1.807, 2.05) is 49.4 Å². The molecule has 3 aromatic carbocycles. The molecule has 1 aliphatic rings. The Kier molecular flexibility index (Phi) is 8.49. The van der Waals surface area contributed by atoms with Crippen molar-refractivity contribution in [2.75, 3.05) is 20.2 Å². The van der Waals surface area contributed by atoms with Crippen LogP contribution in [-0.4, -0.2) is 50.0 Å². The van der Waals surface area contributed by atoms with Crippen LogP contribution < -0.4 is 9.46 Å². The summed E-state index contributed by atoms with van der Waals surface area (Å²) in [7, 11) is -2.18. The van der Waals surface area contributed by atoms with Gasteiger partial charge in [-0.15, -0.1) is 0 Å². The fraction of sp³-hybridized carbons (Fsp3) is 0.345. The fourth-order valence-electron chi connectivity index (χ4n) is 4.62. The van der Waals surface area contributed by atoms with Gasteiger partial charge in [0.1, 0.15) is 11.8 Å². The molecule has 0 amide bonds. The van der Waals surface area contributed by atoms with E-state index >= 15 is 0 Å². The Bertz CT molecular complexity index is 1420. The van der Waals surface area contributed by atoms with E-state index in [4.69, 9.17) is 4.74 Å². The van der Waals surface area contributed by atoms with E-state index in [9.17, 15) is 18.3 Å². The number of piperidine rings is 1. The minimum atomic E-state index is -3.84. The second-order valence-electron chi connectivity index (χ2n) is 9.28. The second kappa shape index (κ2) is 11.8. The molecular formula is C29H32N2O5S. The van der Waals surface area contributed by atoms with Gasteiger partial charge in [-0.3, -0.25) is 4.79 Å². The number of hydrogen-bond acceptors (Lipinski definition) is 4. The number of aliphatic carboxylic acids is 1. The number of fused-ring (bicyclic) bond motifs is 1. The third-order valence-corrected chi connectivity index (χ3v) is 8.37. The maximum atomic E-state index is 12.7. The first kappa shape index (κ1) is 26.7. The van der Waals surface area contributed by atoms with E-state index in [0.29, 0.717) is 32.4 Å². The molecule has 1 atom stereocenters. The van der Waals surface area contributed by atoms with Gasteiger partial charge < -0.3 is 9.84 Å². The molecule has 0 aliphatic carbocycles. The zero-order valence-corrected chi connectivity index (χ0v) is 21.9. The zero-order chi connectivity index (χ0) is 26.4. The smallest absolute Gasteiger partial charge is 0.321 e. The molecule has 8 heteroatoms. The van der Waals surface area contributed by atoms with Gasteiger partial charge in [-0.25, -0.2) is 0 Å². The van der Waals surface area contributed by atoms with E-state index in [1.165, 1.54) is 4.31 Å². The van der Waals surface area contributed by atoms with Crippen LogP contribution in [0.4, 0.5) is 0 Å². The van der Waals surface area contributed by atoms with Gasteiger partial charge in [0.05, 0.1) is 7.11 Å². The number of rotatable bonds is 8. The number of hydrogen-bond donors (Lipinski definition) is 2. The Balaban J connectivity index is 1.36. The SMILES string of the molecule is CCCC(NS(=O)(=O)N1CCC(c2ccc(C#Cc3ccc4cc(OC)ccc4c3)cc2)CC1)C(=O)O. The van der Waals surface area contributed by atoms with Gasteiger partial charge in [0.2, 0.25) is 0 Å². The highest BCUT2D eigenvalue weighted by Crippen LogP contribution is 2.29. The minimum absolute atomic E-state index is 0.247. The predicted molar refractivity (Wildman–Crippen MR) is 145 cm³/mol. The Morgan fingerprint density at radius 3 is 2.30 bits per heavy atom. The van der Waals surface area contributed by atoms with E-state index in [1.54, 1.807) is 7.11 Å². The first-order valence-electron chi connectivity index (χ1n) is 12.5. The average molecular weight is 521 g/mol. The van der Waals surface area contributed by atoms with Crippen LogP contribution in [0.3, 0.4) is 0 Å². The van der Waals surface area contributed by atoms with Crippen LogP contribution in [0.25, 0.3) is 10.8 Å². The molecule has 1 heterocycles. The summed E-state index contributed by atoms with van der Waals surface area (Å²) in [6.45, 7) is 2.54. The molecule has 7 nitrogen and oxygen atoms in total. The molecule has 1 fully saturated rings. The van der Waals surface area contributed by atoms with E-state index in [0.717, 1.165) is 33.2 Å². The van der Waals surface area contributed by atoms with Crippen LogP contribution in [0.2, 0.25) is 0 Å². The number of nitrogens with zero attached hydrogens (tertiary/aromatic N) is 1. The standard InChI is InChI=1S/C29H32N2O5S/c1-3-4-28(29(32)33)30-37(34,35)31-17-15-24(16-18-31)23-10-7-21(8-11-23)5-6-22-9-12-26-20-27(36-2)14-13-25(26)19-22/h7-14,19-20,24,28,30H,3-4,15-18H2,1-2H3,(H,32,33). The molecule has 2 N–H and O–H groups in total. The lowest BCUT2D eigenvalue weighted by atomic mass is 9.90. The Labute approximate surface area is 218 Å². The van der Waals surface area contributed by atoms with Gasteiger partial charge in [-0.05, 0) is 77.9 Å². The Hall–Kier alpha value is -3.38. The summed E-state index contributed by atoms with van der Waals surface area (Å²) in [5.41, 5.74) is 3.01. The molecule has 0 saturated carbocycles. The van der Waals surface area contributed by atoms with Crippen molar-refractivity contribution in [2.24, 2.45) is 0 Å². The van der Waals surface area contributed by atoms with Crippen LogP contribution in [0.1, 0.15) is 55.2 Å². The highest BCUT2D eigenvalue weighted by atomic mass is 32.2. The van der Waals surface area contributed by atoms with Crippen molar-refractivity contribution in [1.29, 1.82) is 0 Å². The van der Waals surface area contributed by atoms with Gasteiger partial charge in [0, 0.05) is 24.2 Å². The van der Waals surface area contributed by atoms with Crippen LogP contribution in [-0.2, 0) is 15.0 Å². The molecular weight excluding hydrogens is 488 g/mol. The monoisotopic (exact) mass is 520 g/mol. The third kappa shape index (κ3) is 6.69. The lowest BCUT2D eigenvalue weighted by Gasteiger charge is -2.32. The summed E-state index contributed by atoms with van der Waals surface area (Å²) < 4.78 is 34.4. The van der Waals surface area contributed by atoms with Crippen molar-refractivity contribution in [3.63, 3.8) is 0 Å². The number of nitrogens with one attached hydrogen (secondary N) is 1. The maximum absolute atomic E-state index is 12.7. The lowest BCUT2D eigenvalue weighted by Crippen LogP contribution is -2.50. The number of carboxylic acids is 1. The van der Waals surface area contributed by atoms with Crippen molar-refractivity contribution in [2.45, 2.75) is 44.6 Å². The number of benzene rings is 3. The third-order valence-electron chi connectivity index (χ3n) is 6.74. The number of ether oxygens (including phenoxy) is 1. The summed E-state index contributed by atoms with van der Waals surface area (Å²) in [5, 5.41) is 11.5. The molecule has 4 rings (SSSR count). The summed E-state index contributed by atoms with van der Waals surface area (Å²) in [6.07, 6.45) is 2.20. The quantitative estimate of drug-likeness (QED) is 0.426. The molecule has 1 unspecified atom stereocenters. The minimum Gasteiger partial charge on any atom is -0.497 e. The molecule has 1 aliphatic heterocycles. The van der Waals surface area contributed by atoms with Gasteiger partial charge in [-0.2, -0.15) is 17.4 Å². The molecule has 0 bridgehead atoms. The first-order chi connectivity index (χ1) is 17.8. The molecule has 37 heavy (non-hydrogen) atoms. The topological polar surface area (TPSA) is 95.9 Å². The average Bonchev–Trinajstić information content (AvgIpc) is 2.91. The van der Waals surface area contributed by atoms with Crippen molar-refractivity contribution in [3.05, 3.63) is 77.4 Å². The van der Waals surface area contributed by atoms with Gasteiger partial charge in [0.15, 0.2) is 0 Å². The number of methoxy groups -OCH3 is 1. The molecule has 0 aromatic heterocycles. The predicted octanol–water partition coefficient (Wildman–Crippen LogP) is 4.52. The highest BCUT2D eigenvalue weighted by molar-refractivity contribution is 7.87. The van der Waals surface area contributed by atoms with Crippen LogP contribution in [0.5, 0.6) is 5.75 Å². The van der Waals surface area contributed by atoms with E-state index < -0.39 is 22.2 Å². The fourth-order valence-corrected chi connectivity index (χ4v) is 6.04. The van der Waals surface area contributed by atoms with Gasteiger partial charge in [0.25, 0.3) is 10.2 Å². The van der Waals surface area contributed by atoms with E-state index in [-0.39, 0.29) is 12.3 Å². The van der Waals surface area contributed by atoms with Crippen LogP contribution in [0.15, 0.2) is 60.7 Å². The molecule has 194 valence electrons. The Morgan fingerprint density at radius 1 is 1.03 bits per heavy atom. The highest BCUT2D eigenvalue weighted by Gasteiger charge is 2.32. The Morgan fingerprint density at radius 2 is 1.65 bits per heavy atom. The van der Waals surface area contributed by atoms with Crippen molar-refractivity contribution >= 4 is 27.0 Å². The normalized spacial score (nSPS) is 15.6. The summed E-state index contributed by atoms with van der Waals surface area (Å²) >= 11 is 0. The molecule has 0 spiro atoms. The van der Waals surface area contributed by atoms with E-state index in [2.05, 4.69) is 34.8 Å². The second-order valence-corrected chi connectivity index (χ2v) is 11.0. The van der Waals surface area contributed by atoms with Crippen molar-refractivity contribution < 1.29 is 23.1 Å². The van der Waals surface area contributed by atoms with Gasteiger partial charge in [-0.1, -0.05) is 49.5 Å². The number of carbonyl (C=O) groups is 1. The molecule has 1 saturated heterocycles.